The molecule has 22 heavy (non-hydrogen) atoms. The van der Waals surface area contributed by atoms with Crippen LogP contribution in [0, 0.1) is 5.92 Å². The van der Waals surface area contributed by atoms with Gasteiger partial charge in [-0.3, -0.25) is 14.5 Å². The zero-order chi connectivity index (χ0) is 15.8. The van der Waals surface area contributed by atoms with Crippen LogP contribution in [-0.2, 0) is 9.59 Å². The Morgan fingerprint density at radius 3 is 2.36 bits per heavy atom. The largest absolute Gasteiger partial charge is 0.347 e. The van der Waals surface area contributed by atoms with E-state index >= 15 is 0 Å². The molecule has 2 N–H and O–H groups in total. The van der Waals surface area contributed by atoms with Crippen LogP contribution in [0.2, 0.25) is 0 Å². The Morgan fingerprint density at radius 1 is 1.27 bits per heavy atom. The van der Waals surface area contributed by atoms with Crippen molar-refractivity contribution in [1.29, 1.82) is 0 Å². The molecule has 6 nitrogen and oxygen atoms in total. The van der Waals surface area contributed by atoms with E-state index in [0.717, 1.165) is 38.4 Å². The zero-order valence-electron chi connectivity index (χ0n) is 14.2. The predicted octanol–water partition coefficient (Wildman–Crippen LogP) is 0.323. The average molecular weight is 335 g/mol. The highest BCUT2D eigenvalue weighted by Crippen LogP contribution is 2.19. The second kappa shape index (κ2) is 10.8. The van der Waals surface area contributed by atoms with Crippen molar-refractivity contribution in [3.8, 4) is 0 Å². The van der Waals surface area contributed by atoms with Crippen LogP contribution in [0.4, 0.5) is 0 Å². The van der Waals surface area contributed by atoms with Gasteiger partial charge in [0, 0.05) is 14.1 Å². The van der Waals surface area contributed by atoms with Gasteiger partial charge in [0.15, 0.2) is 0 Å². The number of carbonyl (C=O) groups excluding carboxylic acids is 2. The molecule has 1 rings (SSSR count). The van der Waals surface area contributed by atoms with Crippen LogP contribution >= 0.6 is 12.4 Å². The quantitative estimate of drug-likeness (QED) is 0.704. The van der Waals surface area contributed by atoms with Crippen LogP contribution in [0.3, 0.4) is 0 Å². The summed E-state index contributed by atoms with van der Waals surface area (Å²) in [6, 6.07) is -0.458. The normalized spacial score (nSPS) is 17.5. The van der Waals surface area contributed by atoms with E-state index in [2.05, 4.69) is 15.5 Å². The van der Waals surface area contributed by atoms with E-state index in [1.807, 2.05) is 7.05 Å². The van der Waals surface area contributed by atoms with E-state index in [1.54, 1.807) is 21.0 Å². The fourth-order valence-electron chi connectivity index (χ4n) is 2.72. The molecular weight excluding hydrogens is 304 g/mol. The molecule has 0 bridgehead atoms. The Bertz CT molecular complexity index is 344. The van der Waals surface area contributed by atoms with Crippen LogP contribution in [0.5, 0.6) is 0 Å². The molecule has 2 amide bonds. The molecule has 1 fully saturated rings. The summed E-state index contributed by atoms with van der Waals surface area (Å²) in [5, 5.41) is 5.96. The maximum absolute atomic E-state index is 12.0. The Labute approximate surface area is 140 Å². The van der Waals surface area contributed by atoms with Gasteiger partial charge in [0.2, 0.25) is 11.8 Å². The van der Waals surface area contributed by atoms with Gasteiger partial charge in [-0.25, -0.2) is 0 Å². The predicted molar refractivity (Wildman–Crippen MR) is 91.3 cm³/mol. The molecular formula is C15H31ClN4O2. The molecule has 1 unspecified atom stereocenters. The summed E-state index contributed by atoms with van der Waals surface area (Å²) in [7, 11) is 5.37. The number of likely N-dealkylation sites (tertiary alicyclic amines) is 1. The van der Waals surface area contributed by atoms with Gasteiger partial charge in [-0.05, 0) is 58.8 Å². The second-order valence-electron chi connectivity index (χ2n) is 6.13. The van der Waals surface area contributed by atoms with E-state index < -0.39 is 6.04 Å². The third-order valence-corrected chi connectivity index (χ3v) is 4.07. The van der Waals surface area contributed by atoms with Crippen molar-refractivity contribution in [3.05, 3.63) is 0 Å². The third kappa shape index (κ3) is 7.42. The molecule has 1 heterocycles. The van der Waals surface area contributed by atoms with Gasteiger partial charge in [-0.2, -0.15) is 0 Å². The summed E-state index contributed by atoms with van der Waals surface area (Å²) in [4.78, 5) is 27.4. The summed E-state index contributed by atoms with van der Waals surface area (Å²) >= 11 is 0. The SMILES string of the molecule is CNCCC1CCN(CC(=O)NC(C)C(=O)N(C)C)CC1.Cl. The van der Waals surface area contributed by atoms with E-state index in [1.165, 1.54) is 11.3 Å². The van der Waals surface area contributed by atoms with Gasteiger partial charge in [0.25, 0.3) is 0 Å². The number of rotatable bonds is 7. The Kier molecular flexibility index (Phi) is 10.4. The number of amides is 2. The standard InChI is InChI=1S/C15H30N4O2.ClH/c1-12(15(21)18(3)4)17-14(20)11-19-9-6-13(7-10-19)5-8-16-2;/h12-13,16H,5-11H2,1-4H3,(H,17,20);1H. The number of hydrogen-bond donors (Lipinski definition) is 2. The fourth-order valence-corrected chi connectivity index (χ4v) is 2.72. The summed E-state index contributed by atoms with van der Waals surface area (Å²) < 4.78 is 0. The molecule has 0 saturated carbocycles. The molecule has 1 saturated heterocycles. The van der Waals surface area contributed by atoms with Crippen LogP contribution < -0.4 is 10.6 Å². The molecule has 1 atom stereocenters. The summed E-state index contributed by atoms with van der Waals surface area (Å²) in [5.41, 5.74) is 0. The van der Waals surface area contributed by atoms with Crippen molar-refractivity contribution in [3.63, 3.8) is 0 Å². The Hall–Kier alpha value is -0.850. The minimum atomic E-state index is -0.458. The summed E-state index contributed by atoms with van der Waals surface area (Å²) in [5.74, 6) is 0.631. The van der Waals surface area contributed by atoms with Crippen molar-refractivity contribution in [2.45, 2.75) is 32.2 Å². The van der Waals surface area contributed by atoms with Crippen molar-refractivity contribution in [2.24, 2.45) is 5.92 Å². The Morgan fingerprint density at radius 2 is 1.86 bits per heavy atom. The molecule has 0 aromatic carbocycles. The molecule has 1 aliphatic rings. The van der Waals surface area contributed by atoms with Gasteiger partial charge < -0.3 is 15.5 Å². The van der Waals surface area contributed by atoms with Crippen LogP contribution in [0.25, 0.3) is 0 Å². The van der Waals surface area contributed by atoms with Crippen LogP contribution in [0.1, 0.15) is 26.2 Å². The third-order valence-electron chi connectivity index (χ3n) is 4.07. The average Bonchev–Trinajstić information content (AvgIpc) is 2.45. The van der Waals surface area contributed by atoms with E-state index in [0.29, 0.717) is 6.54 Å². The van der Waals surface area contributed by atoms with Crippen molar-refractivity contribution in [1.82, 2.24) is 20.4 Å². The highest BCUT2D eigenvalue weighted by Gasteiger charge is 2.22. The monoisotopic (exact) mass is 334 g/mol. The minimum Gasteiger partial charge on any atom is -0.347 e. The fraction of sp³-hybridized carbons (Fsp3) is 0.867. The first kappa shape index (κ1) is 21.1. The number of nitrogens with one attached hydrogen (secondary N) is 2. The zero-order valence-corrected chi connectivity index (χ0v) is 15.0. The molecule has 130 valence electrons. The van der Waals surface area contributed by atoms with Gasteiger partial charge in [-0.15, -0.1) is 12.4 Å². The molecule has 0 aromatic heterocycles. The second-order valence-corrected chi connectivity index (χ2v) is 6.13. The first-order valence-electron chi connectivity index (χ1n) is 7.81. The molecule has 0 spiro atoms. The topological polar surface area (TPSA) is 64.7 Å². The van der Waals surface area contributed by atoms with Gasteiger partial charge in [-0.1, -0.05) is 0 Å². The van der Waals surface area contributed by atoms with Crippen LogP contribution in [-0.4, -0.2) is 75.0 Å². The minimum absolute atomic E-state index is 0. The summed E-state index contributed by atoms with van der Waals surface area (Å²) in [6.45, 7) is 5.12. The number of nitrogens with zero attached hydrogens (tertiary/aromatic N) is 2. The lowest BCUT2D eigenvalue weighted by Gasteiger charge is -2.31. The Balaban J connectivity index is 0.00000441. The van der Waals surface area contributed by atoms with Crippen molar-refractivity contribution >= 4 is 24.2 Å². The lowest BCUT2D eigenvalue weighted by atomic mass is 9.93. The maximum Gasteiger partial charge on any atom is 0.244 e. The molecule has 0 aliphatic carbocycles. The number of likely N-dealkylation sites (N-methyl/N-ethyl adjacent to an activating group) is 1. The molecule has 7 heteroatoms. The molecule has 1 aliphatic heterocycles. The van der Waals surface area contributed by atoms with E-state index in [9.17, 15) is 9.59 Å². The lowest BCUT2D eigenvalue weighted by Crippen LogP contribution is -2.48. The molecule has 0 aromatic rings. The number of piperidine rings is 1. The number of carbonyl (C=O) groups is 2. The number of hydrogen-bond acceptors (Lipinski definition) is 4. The molecule has 0 radical (unpaired) electrons. The van der Waals surface area contributed by atoms with Crippen LogP contribution in [0.15, 0.2) is 0 Å². The van der Waals surface area contributed by atoms with Gasteiger partial charge in [0.1, 0.15) is 6.04 Å². The van der Waals surface area contributed by atoms with E-state index in [-0.39, 0.29) is 24.2 Å². The smallest absolute Gasteiger partial charge is 0.244 e. The first-order chi connectivity index (χ1) is 9.93. The maximum atomic E-state index is 12.0. The highest BCUT2D eigenvalue weighted by atomic mass is 35.5. The highest BCUT2D eigenvalue weighted by molar-refractivity contribution is 5.87. The van der Waals surface area contributed by atoms with E-state index in [4.69, 9.17) is 0 Å². The first-order valence-corrected chi connectivity index (χ1v) is 7.81. The van der Waals surface area contributed by atoms with Crippen molar-refractivity contribution in [2.75, 3.05) is 47.3 Å². The number of halogens is 1. The lowest BCUT2D eigenvalue weighted by molar-refractivity contribution is -0.134. The van der Waals surface area contributed by atoms with Gasteiger partial charge >= 0.3 is 0 Å². The van der Waals surface area contributed by atoms with Gasteiger partial charge in [0.05, 0.1) is 6.54 Å². The summed E-state index contributed by atoms with van der Waals surface area (Å²) in [6.07, 6.45) is 3.52. The van der Waals surface area contributed by atoms with Crippen molar-refractivity contribution < 1.29 is 9.59 Å².